The summed E-state index contributed by atoms with van der Waals surface area (Å²) in [5.74, 6) is -0.857. The lowest BCUT2D eigenvalue weighted by atomic mass is 9.84. The molecule has 2 aliphatic heterocycles. The Hall–Kier alpha value is -2.45. The highest BCUT2D eigenvalue weighted by Gasteiger charge is 2.40. The zero-order valence-electron chi connectivity index (χ0n) is 15.3. The second kappa shape index (κ2) is 6.61. The van der Waals surface area contributed by atoms with Gasteiger partial charge in [0.15, 0.2) is 5.13 Å². The van der Waals surface area contributed by atoms with Crippen molar-refractivity contribution in [2.75, 3.05) is 31.1 Å². The highest BCUT2D eigenvalue weighted by Crippen LogP contribution is 2.32. The molecule has 0 spiro atoms. The molecule has 2 aromatic rings. The van der Waals surface area contributed by atoms with Crippen molar-refractivity contribution in [2.24, 2.45) is 0 Å². The Morgan fingerprint density at radius 1 is 1.33 bits per heavy atom. The third kappa shape index (κ3) is 3.08. The molecule has 2 fully saturated rings. The number of nitrogens with zero attached hydrogens (tertiary/aromatic N) is 3. The van der Waals surface area contributed by atoms with Gasteiger partial charge in [0.05, 0.1) is 23.7 Å². The molecule has 0 bridgehead atoms. The molecule has 27 heavy (non-hydrogen) atoms. The molecule has 4 rings (SSSR count). The van der Waals surface area contributed by atoms with E-state index in [9.17, 15) is 14.7 Å². The molecular formula is C19H22N4O3S. The van der Waals surface area contributed by atoms with Crippen molar-refractivity contribution in [3.05, 3.63) is 35.2 Å². The largest absolute Gasteiger partial charge is 0.481 e. The van der Waals surface area contributed by atoms with Crippen molar-refractivity contribution in [1.29, 1.82) is 0 Å². The van der Waals surface area contributed by atoms with Crippen LogP contribution in [0.2, 0.25) is 0 Å². The number of carboxylic acids is 1. The fourth-order valence-electron chi connectivity index (χ4n) is 3.48. The monoisotopic (exact) mass is 386 g/mol. The molecule has 0 saturated carbocycles. The van der Waals surface area contributed by atoms with Gasteiger partial charge < -0.3 is 15.3 Å². The fourth-order valence-corrected chi connectivity index (χ4v) is 4.32. The number of urea groups is 1. The lowest BCUT2D eigenvalue weighted by Crippen LogP contribution is -2.49. The summed E-state index contributed by atoms with van der Waals surface area (Å²) in [4.78, 5) is 32.4. The first-order valence-corrected chi connectivity index (χ1v) is 9.84. The number of carboxylic acid groups (broad SMARTS) is 1. The number of benzene rings is 1. The van der Waals surface area contributed by atoms with Gasteiger partial charge in [0.25, 0.3) is 0 Å². The number of rotatable bonds is 4. The van der Waals surface area contributed by atoms with Crippen molar-refractivity contribution in [1.82, 2.24) is 15.2 Å². The number of aromatic nitrogens is 1. The van der Waals surface area contributed by atoms with Gasteiger partial charge in [0, 0.05) is 30.6 Å². The first kappa shape index (κ1) is 17.9. The summed E-state index contributed by atoms with van der Waals surface area (Å²) in [6.45, 7) is 6.42. The van der Waals surface area contributed by atoms with Crippen LogP contribution in [-0.2, 0) is 10.2 Å². The third-order valence-electron chi connectivity index (χ3n) is 5.38. The quantitative estimate of drug-likeness (QED) is 0.843. The summed E-state index contributed by atoms with van der Waals surface area (Å²) >= 11 is 1.46. The van der Waals surface area contributed by atoms with Gasteiger partial charge in [-0.05, 0) is 19.4 Å². The normalized spacial score (nSPS) is 20.1. The van der Waals surface area contributed by atoms with Gasteiger partial charge in [0.2, 0.25) is 0 Å². The summed E-state index contributed by atoms with van der Waals surface area (Å²) in [6, 6.07) is 7.66. The summed E-state index contributed by atoms with van der Waals surface area (Å²) < 4.78 is 0. The van der Waals surface area contributed by atoms with E-state index in [1.165, 1.54) is 11.3 Å². The number of nitrogens with one attached hydrogen (secondary N) is 1. The number of amides is 2. The van der Waals surface area contributed by atoms with Crippen LogP contribution in [0.1, 0.15) is 19.4 Å². The van der Waals surface area contributed by atoms with Crippen molar-refractivity contribution >= 4 is 28.5 Å². The predicted molar refractivity (Wildman–Crippen MR) is 104 cm³/mol. The summed E-state index contributed by atoms with van der Waals surface area (Å²) in [5, 5.41) is 15.3. The van der Waals surface area contributed by atoms with Crippen LogP contribution in [0.5, 0.6) is 0 Å². The standard InChI is InChI=1S/C19H22N4O3S/c1-19(2,16(24)25)13-5-3-12(4-6-13)15-11-27-17(21-15)23-10-14-9-20-7-8-22(14)18(23)26/h3-6,11,14,20H,7-10H2,1-2H3,(H,24,25). The first-order chi connectivity index (χ1) is 12.9. The number of carbonyl (C=O) groups excluding carboxylic acids is 1. The van der Waals surface area contributed by atoms with E-state index < -0.39 is 11.4 Å². The molecule has 7 nitrogen and oxygen atoms in total. The molecule has 1 atom stereocenters. The Kier molecular flexibility index (Phi) is 4.39. The third-order valence-corrected chi connectivity index (χ3v) is 6.24. The predicted octanol–water partition coefficient (Wildman–Crippen LogP) is 2.39. The van der Waals surface area contributed by atoms with Gasteiger partial charge in [-0.2, -0.15) is 0 Å². The van der Waals surface area contributed by atoms with Crippen molar-refractivity contribution in [2.45, 2.75) is 25.3 Å². The molecule has 0 aliphatic carbocycles. The van der Waals surface area contributed by atoms with E-state index in [4.69, 9.17) is 0 Å². The van der Waals surface area contributed by atoms with Crippen LogP contribution in [-0.4, -0.2) is 59.2 Å². The van der Waals surface area contributed by atoms with Crippen LogP contribution in [0.4, 0.5) is 9.93 Å². The molecule has 2 aliphatic rings. The minimum Gasteiger partial charge on any atom is -0.481 e. The van der Waals surface area contributed by atoms with Crippen molar-refractivity contribution in [3.8, 4) is 11.3 Å². The molecular weight excluding hydrogens is 364 g/mol. The molecule has 142 valence electrons. The number of piperazine rings is 1. The molecule has 2 N–H and O–H groups in total. The molecule has 2 saturated heterocycles. The Morgan fingerprint density at radius 3 is 2.74 bits per heavy atom. The molecule has 1 aromatic heterocycles. The SMILES string of the molecule is CC(C)(C(=O)O)c1ccc(-c2csc(N3CC4CNCCN4C3=O)n2)cc1. The van der Waals surface area contributed by atoms with Gasteiger partial charge in [-0.3, -0.25) is 9.69 Å². The van der Waals surface area contributed by atoms with E-state index in [2.05, 4.69) is 10.3 Å². The minimum absolute atomic E-state index is 0.0287. The van der Waals surface area contributed by atoms with E-state index in [0.29, 0.717) is 11.7 Å². The number of hydrogen-bond acceptors (Lipinski definition) is 5. The van der Waals surface area contributed by atoms with Gasteiger partial charge in [-0.1, -0.05) is 24.3 Å². The second-order valence-electron chi connectivity index (χ2n) is 7.47. The number of aliphatic carboxylic acids is 1. The minimum atomic E-state index is -0.938. The van der Waals surface area contributed by atoms with E-state index in [0.717, 1.165) is 36.5 Å². The van der Waals surface area contributed by atoms with E-state index in [1.807, 2.05) is 34.5 Å². The van der Waals surface area contributed by atoms with E-state index in [1.54, 1.807) is 18.7 Å². The highest BCUT2D eigenvalue weighted by atomic mass is 32.1. The van der Waals surface area contributed by atoms with Gasteiger partial charge in [0.1, 0.15) is 0 Å². The molecule has 2 amide bonds. The number of hydrogen-bond donors (Lipinski definition) is 2. The van der Waals surface area contributed by atoms with Crippen molar-refractivity contribution < 1.29 is 14.7 Å². The maximum absolute atomic E-state index is 12.6. The molecule has 8 heteroatoms. The van der Waals surface area contributed by atoms with Crippen LogP contribution in [0.25, 0.3) is 11.3 Å². The van der Waals surface area contributed by atoms with Gasteiger partial charge in [-0.15, -0.1) is 11.3 Å². The number of carbonyl (C=O) groups is 2. The number of anilines is 1. The maximum Gasteiger partial charge on any atom is 0.326 e. The Balaban J connectivity index is 1.55. The van der Waals surface area contributed by atoms with Gasteiger partial charge >= 0.3 is 12.0 Å². The summed E-state index contributed by atoms with van der Waals surface area (Å²) in [6.07, 6.45) is 0. The molecule has 1 unspecified atom stereocenters. The fraction of sp³-hybridized carbons (Fsp3) is 0.421. The highest BCUT2D eigenvalue weighted by molar-refractivity contribution is 7.14. The average molecular weight is 386 g/mol. The topological polar surface area (TPSA) is 85.8 Å². The summed E-state index contributed by atoms with van der Waals surface area (Å²) in [5.41, 5.74) is 1.51. The van der Waals surface area contributed by atoms with E-state index in [-0.39, 0.29) is 12.1 Å². The molecule has 0 radical (unpaired) electrons. The lowest BCUT2D eigenvalue weighted by Gasteiger charge is -2.28. The van der Waals surface area contributed by atoms with Crippen LogP contribution in [0, 0.1) is 0 Å². The van der Waals surface area contributed by atoms with E-state index >= 15 is 0 Å². The number of fused-ring (bicyclic) bond motifs is 1. The maximum atomic E-state index is 12.6. The lowest BCUT2D eigenvalue weighted by molar-refractivity contribution is -0.142. The average Bonchev–Trinajstić information content (AvgIpc) is 3.27. The summed E-state index contributed by atoms with van der Waals surface area (Å²) in [7, 11) is 0. The Morgan fingerprint density at radius 2 is 2.07 bits per heavy atom. The van der Waals surface area contributed by atoms with Gasteiger partial charge in [-0.25, -0.2) is 9.78 Å². The van der Waals surface area contributed by atoms with Crippen molar-refractivity contribution in [3.63, 3.8) is 0 Å². The second-order valence-corrected chi connectivity index (χ2v) is 8.30. The Labute approximate surface area is 161 Å². The first-order valence-electron chi connectivity index (χ1n) is 8.96. The van der Waals surface area contributed by atoms with Crippen LogP contribution < -0.4 is 10.2 Å². The smallest absolute Gasteiger partial charge is 0.326 e. The van der Waals surface area contributed by atoms with Crippen LogP contribution in [0.15, 0.2) is 29.6 Å². The zero-order valence-corrected chi connectivity index (χ0v) is 16.1. The zero-order chi connectivity index (χ0) is 19.2. The Bertz CT molecular complexity index is 877. The molecule has 3 heterocycles. The number of thiazole rings is 1. The van der Waals surface area contributed by atoms with Crippen LogP contribution in [0.3, 0.4) is 0 Å². The van der Waals surface area contributed by atoms with Crippen LogP contribution >= 0.6 is 11.3 Å². The molecule has 1 aromatic carbocycles.